The van der Waals surface area contributed by atoms with Crippen LogP contribution in [0.4, 0.5) is 0 Å². The van der Waals surface area contributed by atoms with Crippen LogP contribution in [0.1, 0.15) is 37.8 Å². The Balaban J connectivity index is 2.63. The van der Waals surface area contributed by atoms with Crippen molar-refractivity contribution in [1.82, 2.24) is 5.32 Å². The Labute approximate surface area is 117 Å². The molecule has 4 heteroatoms. The second-order valence-electron chi connectivity index (χ2n) is 4.99. The van der Waals surface area contributed by atoms with Gasteiger partial charge in [0, 0.05) is 15.6 Å². The smallest absolute Gasteiger partial charge is 0.163 e. The summed E-state index contributed by atoms with van der Waals surface area (Å²) in [7, 11) is 1.59. The number of phenols is 1. The van der Waals surface area contributed by atoms with Gasteiger partial charge in [0.2, 0.25) is 0 Å². The Hall–Kier alpha value is -0.740. The molecule has 3 nitrogen and oxygen atoms in total. The summed E-state index contributed by atoms with van der Waals surface area (Å²) >= 11 is 3.65. The number of hydrogen-bond donors (Lipinski definition) is 2. The van der Waals surface area contributed by atoms with E-state index in [2.05, 4.69) is 35.1 Å². The van der Waals surface area contributed by atoms with E-state index in [0.717, 1.165) is 41.4 Å². The van der Waals surface area contributed by atoms with Crippen LogP contribution >= 0.6 is 15.9 Å². The number of aryl methyl sites for hydroxylation is 1. The predicted molar refractivity (Wildman–Crippen MR) is 76.3 cm³/mol. The summed E-state index contributed by atoms with van der Waals surface area (Å²) in [6, 6.07) is 1.90. The molecule has 1 fully saturated rings. The van der Waals surface area contributed by atoms with E-state index in [0.29, 0.717) is 5.75 Å². The zero-order valence-corrected chi connectivity index (χ0v) is 12.7. The van der Waals surface area contributed by atoms with E-state index >= 15 is 0 Å². The topological polar surface area (TPSA) is 41.5 Å². The average molecular weight is 314 g/mol. The number of aromatic hydroxyl groups is 1. The van der Waals surface area contributed by atoms with Crippen molar-refractivity contribution in [2.24, 2.45) is 0 Å². The molecule has 1 saturated heterocycles. The first kappa shape index (κ1) is 13.7. The monoisotopic (exact) mass is 313 g/mol. The second-order valence-corrected chi connectivity index (χ2v) is 5.78. The molecule has 1 unspecified atom stereocenters. The summed E-state index contributed by atoms with van der Waals surface area (Å²) < 4.78 is 6.29. The van der Waals surface area contributed by atoms with Gasteiger partial charge in [-0.2, -0.15) is 0 Å². The van der Waals surface area contributed by atoms with E-state index in [1.807, 2.05) is 6.07 Å². The van der Waals surface area contributed by atoms with Gasteiger partial charge in [0.05, 0.1) is 7.11 Å². The van der Waals surface area contributed by atoms with E-state index < -0.39 is 0 Å². The molecule has 1 atom stereocenters. The lowest BCUT2D eigenvalue weighted by molar-refractivity contribution is 0.349. The summed E-state index contributed by atoms with van der Waals surface area (Å²) in [5.41, 5.74) is 1.91. The van der Waals surface area contributed by atoms with E-state index in [9.17, 15) is 5.11 Å². The third kappa shape index (κ3) is 2.12. The molecule has 0 radical (unpaired) electrons. The molecule has 0 bridgehead atoms. The molecule has 1 aliphatic rings. The summed E-state index contributed by atoms with van der Waals surface area (Å²) in [5.74, 6) is 0.804. The Bertz CT molecular complexity index is 425. The minimum atomic E-state index is -0.179. The highest BCUT2D eigenvalue weighted by molar-refractivity contribution is 9.10. The van der Waals surface area contributed by atoms with Crippen molar-refractivity contribution in [3.8, 4) is 11.5 Å². The highest BCUT2D eigenvalue weighted by atomic mass is 79.9. The van der Waals surface area contributed by atoms with Crippen LogP contribution < -0.4 is 10.1 Å². The largest absolute Gasteiger partial charge is 0.504 e. The third-order valence-electron chi connectivity index (χ3n) is 3.80. The Morgan fingerprint density at radius 1 is 1.56 bits per heavy atom. The molecular weight excluding hydrogens is 294 g/mol. The lowest BCUT2D eigenvalue weighted by Gasteiger charge is -2.29. The van der Waals surface area contributed by atoms with Gasteiger partial charge < -0.3 is 15.2 Å². The Morgan fingerprint density at radius 3 is 2.78 bits per heavy atom. The van der Waals surface area contributed by atoms with Gasteiger partial charge in [-0.05, 0) is 44.4 Å². The maximum Gasteiger partial charge on any atom is 0.163 e. The Morgan fingerprint density at radius 2 is 2.28 bits per heavy atom. The standard InChI is InChI=1S/C14H20BrNO2/c1-4-9-8-10(18-3)13(17)11(12(9)15)14(2)6-5-7-16-14/h8,16-17H,4-7H2,1-3H3. The molecule has 100 valence electrons. The minimum Gasteiger partial charge on any atom is -0.504 e. The maximum atomic E-state index is 10.4. The van der Waals surface area contributed by atoms with Crippen molar-refractivity contribution in [3.05, 3.63) is 21.7 Å². The van der Waals surface area contributed by atoms with Gasteiger partial charge in [0.15, 0.2) is 11.5 Å². The van der Waals surface area contributed by atoms with Gasteiger partial charge >= 0.3 is 0 Å². The highest BCUT2D eigenvalue weighted by Gasteiger charge is 2.36. The molecule has 0 spiro atoms. The molecule has 1 aliphatic heterocycles. The molecule has 0 amide bonds. The lowest BCUT2D eigenvalue weighted by atomic mass is 9.88. The molecular formula is C14H20BrNO2. The molecule has 2 rings (SSSR count). The first-order valence-electron chi connectivity index (χ1n) is 6.37. The fraction of sp³-hybridized carbons (Fsp3) is 0.571. The second kappa shape index (κ2) is 5.10. The lowest BCUT2D eigenvalue weighted by Crippen LogP contribution is -2.33. The van der Waals surface area contributed by atoms with Gasteiger partial charge in [-0.3, -0.25) is 0 Å². The van der Waals surface area contributed by atoms with Gasteiger partial charge in [-0.25, -0.2) is 0 Å². The van der Waals surface area contributed by atoms with Crippen molar-refractivity contribution >= 4 is 15.9 Å². The summed E-state index contributed by atoms with van der Waals surface area (Å²) in [4.78, 5) is 0. The SMILES string of the molecule is CCc1cc(OC)c(O)c(C2(C)CCCN2)c1Br. The maximum absolute atomic E-state index is 10.4. The predicted octanol–water partition coefficient (Wildman–Crippen LogP) is 3.32. The van der Waals surface area contributed by atoms with Crippen molar-refractivity contribution in [2.45, 2.75) is 38.6 Å². The van der Waals surface area contributed by atoms with Crippen molar-refractivity contribution in [1.29, 1.82) is 0 Å². The van der Waals surface area contributed by atoms with Crippen LogP contribution in [-0.2, 0) is 12.0 Å². The van der Waals surface area contributed by atoms with Crippen LogP contribution in [0.5, 0.6) is 11.5 Å². The number of benzene rings is 1. The van der Waals surface area contributed by atoms with Crippen LogP contribution in [0.3, 0.4) is 0 Å². The molecule has 18 heavy (non-hydrogen) atoms. The minimum absolute atomic E-state index is 0.179. The van der Waals surface area contributed by atoms with Crippen LogP contribution in [0.25, 0.3) is 0 Å². The molecule has 1 aromatic rings. The molecule has 1 aromatic carbocycles. The van der Waals surface area contributed by atoms with Gasteiger partial charge in [-0.1, -0.05) is 22.9 Å². The fourth-order valence-electron chi connectivity index (χ4n) is 2.70. The molecule has 1 heterocycles. The van der Waals surface area contributed by atoms with Crippen molar-refractivity contribution < 1.29 is 9.84 Å². The molecule has 2 N–H and O–H groups in total. The molecule has 0 aromatic heterocycles. The molecule has 0 saturated carbocycles. The first-order chi connectivity index (χ1) is 8.53. The van der Waals surface area contributed by atoms with Gasteiger partial charge in [0.1, 0.15) is 0 Å². The van der Waals surface area contributed by atoms with Crippen LogP contribution in [0, 0.1) is 0 Å². The summed E-state index contributed by atoms with van der Waals surface area (Å²) in [5, 5.41) is 13.9. The number of nitrogens with one attached hydrogen (secondary N) is 1. The van der Waals surface area contributed by atoms with Crippen molar-refractivity contribution in [2.75, 3.05) is 13.7 Å². The number of phenolic OH excluding ortho intramolecular Hbond substituents is 1. The Kier molecular flexibility index (Phi) is 3.87. The number of hydrogen-bond acceptors (Lipinski definition) is 3. The number of halogens is 1. The zero-order chi connectivity index (χ0) is 13.3. The van der Waals surface area contributed by atoms with E-state index in [-0.39, 0.29) is 11.3 Å². The quantitative estimate of drug-likeness (QED) is 0.899. The number of methoxy groups -OCH3 is 1. The molecule has 0 aliphatic carbocycles. The third-order valence-corrected chi connectivity index (χ3v) is 4.70. The zero-order valence-electron chi connectivity index (χ0n) is 11.1. The van der Waals surface area contributed by atoms with Crippen LogP contribution in [0.15, 0.2) is 10.5 Å². The van der Waals surface area contributed by atoms with Crippen LogP contribution in [0.2, 0.25) is 0 Å². The fourth-order valence-corrected chi connectivity index (χ4v) is 3.72. The summed E-state index contributed by atoms with van der Waals surface area (Å²) in [6.07, 6.45) is 3.05. The van der Waals surface area contributed by atoms with Crippen molar-refractivity contribution in [3.63, 3.8) is 0 Å². The summed E-state index contributed by atoms with van der Waals surface area (Å²) in [6.45, 7) is 5.23. The highest BCUT2D eigenvalue weighted by Crippen LogP contribution is 2.46. The number of ether oxygens (including phenoxy) is 1. The van der Waals surface area contributed by atoms with Gasteiger partial charge in [0.25, 0.3) is 0 Å². The number of rotatable bonds is 3. The van der Waals surface area contributed by atoms with Gasteiger partial charge in [-0.15, -0.1) is 0 Å². The van der Waals surface area contributed by atoms with E-state index in [4.69, 9.17) is 4.74 Å². The normalized spacial score (nSPS) is 23.3. The van der Waals surface area contributed by atoms with E-state index in [1.54, 1.807) is 7.11 Å². The average Bonchev–Trinajstić information content (AvgIpc) is 2.77. The first-order valence-corrected chi connectivity index (χ1v) is 7.16. The van der Waals surface area contributed by atoms with Crippen LogP contribution in [-0.4, -0.2) is 18.8 Å². The van der Waals surface area contributed by atoms with E-state index in [1.165, 1.54) is 0 Å².